The summed E-state index contributed by atoms with van der Waals surface area (Å²) in [5.41, 5.74) is 2.14. The van der Waals surface area contributed by atoms with Gasteiger partial charge >= 0.3 is 0 Å². The molecule has 2 aromatic rings. The van der Waals surface area contributed by atoms with Crippen molar-refractivity contribution in [1.29, 1.82) is 0 Å². The highest BCUT2D eigenvalue weighted by atomic mass is 16.5. The third-order valence-corrected chi connectivity index (χ3v) is 4.05. The standard InChI is InChI=1S/C19H25N3O2/c1-22-9-10-23-19(14-22)13-20-12-16-5-4-7-18(11-16)24-15-17-6-2-3-8-21-17/h2-8,11,19-20H,9-10,12-15H2,1H3/t19-/m0/s1. The van der Waals surface area contributed by atoms with Crippen LogP contribution < -0.4 is 10.1 Å². The lowest BCUT2D eigenvalue weighted by Crippen LogP contribution is -2.44. The van der Waals surface area contributed by atoms with E-state index in [1.54, 1.807) is 6.20 Å². The van der Waals surface area contributed by atoms with Crippen molar-refractivity contribution in [2.45, 2.75) is 19.3 Å². The number of hydrogen-bond acceptors (Lipinski definition) is 5. The molecule has 1 atom stereocenters. The summed E-state index contributed by atoms with van der Waals surface area (Å²) >= 11 is 0. The molecular formula is C19H25N3O2. The molecule has 1 fully saturated rings. The SMILES string of the molecule is CN1CCO[C@@H](CNCc2cccc(OCc3ccccn3)c2)C1. The maximum absolute atomic E-state index is 5.82. The minimum Gasteiger partial charge on any atom is -0.487 e. The van der Waals surface area contributed by atoms with Crippen LogP contribution in [0.3, 0.4) is 0 Å². The van der Waals surface area contributed by atoms with E-state index in [2.05, 4.69) is 34.4 Å². The van der Waals surface area contributed by atoms with Gasteiger partial charge in [-0.1, -0.05) is 18.2 Å². The molecule has 5 nitrogen and oxygen atoms in total. The molecule has 1 aliphatic rings. The highest BCUT2D eigenvalue weighted by Crippen LogP contribution is 2.15. The van der Waals surface area contributed by atoms with E-state index in [0.717, 1.165) is 44.2 Å². The number of nitrogens with one attached hydrogen (secondary N) is 1. The molecule has 0 radical (unpaired) electrons. The normalized spacial score (nSPS) is 18.5. The van der Waals surface area contributed by atoms with Crippen molar-refractivity contribution in [2.24, 2.45) is 0 Å². The Hall–Kier alpha value is -1.95. The van der Waals surface area contributed by atoms with Gasteiger partial charge in [0.2, 0.25) is 0 Å². The summed E-state index contributed by atoms with van der Waals surface area (Å²) in [7, 11) is 2.14. The smallest absolute Gasteiger partial charge is 0.130 e. The fourth-order valence-electron chi connectivity index (χ4n) is 2.75. The zero-order valence-electron chi connectivity index (χ0n) is 14.1. The van der Waals surface area contributed by atoms with Crippen molar-refractivity contribution in [1.82, 2.24) is 15.2 Å². The van der Waals surface area contributed by atoms with Gasteiger partial charge in [0, 0.05) is 32.4 Å². The average molecular weight is 327 g/mol. The van der Waals surface area contributed by atoms with Gasteiger partial charge in [-0.05, 0) is 36.9 Å². The second-order valence-electron chi connectivity index (χ2n) is 6.14. The number of nitrogens with zero attached hydrogens (tertiary/aromatic N) is 2. The van der Waals surface area contributed by atoms with Gasteiger partial charge < -0.3 is 19.7 Å². The van der Waals surface area contributed by atoms with Crippen molar-refractivity contribution >= 4 is 0 Å². The first kappa shape index (κ1) is 16.9. The van der Waals surface area contributed by atoms with Crippen molar-refractivity contribution in [3.8, 4) is 5.75 Å². The lowest BCUT2D eigenvalue weighted by Gasteiger charge is -2.30. The second kappa shape index (κ2) is 8.78. The minimum atomic E-state index is 0.271. The van der Waals surface area contributed by atoms with Gasteiger partial charge in [-0.2, -0.15) is 0 Å². The molecule has 1 aromatic heterocycles. The summed E-state index contributed by atoms with van der Waals surface area (Å²) in [5.74, 6) is 0.869. The highest BCUT2D eigenvalue weighted by molar-refractivity contribution is 5.28. The van der Waals surface area contributed by atoms with E-state index >= 15 is 0 Å². The predicted molar refractivity (Wildman–Crippen MR) is 94.0 cm³/mol. The van der Waals surface area contributed by atoms with Gasteiger partial charge in [-0.3, -0.25) is 4.98 Å². The van der Waals surface area contributed by atoms with Crippen LogP contribution in [0.25, 0.3) is 0 Å². The molecule has 5 heteroatoms. The van der Waals surface area contributed by atoms with E-state index in [0.29, 0.717) is 6.61 Å². The summed E-state index contributed by atoms with van der Waals surface area (Å²) < 4.78 is 11.6. The first-order valence-electron chi connectivity index (χ1n) is 8.42. The Morgan fingerprint density at radius 3 is 3.08 bits per heavy atom. The average Bonchev–Trinajstić information content (AvgIpc) is 2.61. The maximum atomic E-state index is 5.82. The van der Waals surface area contributed by atoms with Crippen LogP contribution in [-0.4, -0.2) is 49.3 Å². The Morgan fingerprint density at radius 2 is 2.25 bits per heavy atom. The van der Waals surface area contributed by atoms with Gasteiger partial charge in [0.15, 0.2) is 0 Å². The summed E-state index contributed by atoms with van der Waals surface area (Å²) in [6, 6.07) is 14.0. The summed E-state index contributed by atoms with van der Waals surface area (Å²) in [6.07, 6.45) is 2.05. The van der Waals surface area contributed by atoms with Crippen LogP contribution in [-0.2, 0) is 17.9 Å². The quantitative estimate of drug-likeness (QED) is 0.844. The molecule has 1 saturated heterocycles. The number of ether oxygens (including phenoxy) is 2. The van der Waals surface area contributed by atoms with Gasteiger partial charge in [-0.25, -0.2) is 0 Å². The number of morpholine rings is 1. The number of benzene rings is 1. The summed E-state index contributed by atoms with van der Waals surface area (Å²) in [5, 5.41) is 3.47. The van der Waals surface area contributed by atoms with Crippen molar-refractivity contribution < 1.29 is 9.47 Å². The van der Waals surface area contributed by atoms with Crippen LogP contribution in [0.2, 0.25) is 0 Å². The number of rotatable bonds is 7. The molecule has 1 aromatic carbocycles. The van der Waals surface area contributed by atoms with E-state index in [1.165, 1.54) is 5.56 Å². The van der Waals surface area contributed by atoms with E-state index in [1.807, 2.05) is 30.3 Å². The number of likely N-dealkylation sites (N-methyl/N-ethyl adjacent to an activating group) is 1. The van der Waals surface area contributed by atoms with E-state index < -0.39 is 0 Å². The van der Waals surface area contributed by atoms with Crippen LogP contribution in [0.15, 0.2) is 48.7 Å². The molecule has 0 unspecified atom stereocenters. The minimum absolute atomic E-state index is 0.271. The van der Waals surface area contributed by atoms with Gasteiger partial charge in [0.05, 0.1) is 18.4 Å². The van der Waals surface area contributed by atoms with Crippen molar-refractivity contribution in [3.05, 3.63) is 59.9 Å². The molecule has 128 valence electrons. The van der Waals surface area contributed by atoms with Gasteiger partial charge in [0.25, 0.3) is 0 Å². The van der Waals surface area contributed by atoms with Gasteiger partial charge in [0.1, 0.15) is 12.4 Å². The fraction of sp³-hybridized carbons (Fsp3) is 0.421. The topological polar surface area (TPSA) is 46.6 Å². The molecule has 1 N–H and O–H groups in total. The molecule has 0 aliphatic carbocycles. The molecule has 0 amide bonds. The van der Waals surface area contributed by atoms with Crippen molar-refractivity contribution in [2.75, 3.05) is 33.3 Å². The Kier molecular flexibility index (Phi) is 6.18. The fourth-order valence-corrected chi connectivity index (χ4v) is 2.75. The molecule has 3 rings (SSSR count). The molecular weight excluding hydrogens is 302 g/mol. The molecule has 0 saturated carbocycles. The second-order valence-corrected chi connectivity index (χ2v) is 6.14. The number of aromatic nitrogens is 1. The zero-order chi connectivity index (χ0) is 16.6. The van der Waals surface area contributed by atoms with Crippen LogP contribution >= 0.6 is 0 Å². The predicted octanol–water partition coefficient (Wildman–Crippen LogP) is 2.08. The van der Waals surface area contributed by atoms with Gasteiger partial charge in [-0.15, -0.1) is 0 Å². The van der Waals surface area contributed by atoms with Crippen molar-refractivity contribution in [3.63, 3.8) is 0 Å². The highest BCUT2D eigenvalue weighted by Gasteiger charge is 2.16. The molecule has 1 aliphatic heterocycles. The first-order chi connectivity index (χ1) is 11.8. The van der Waals surface area contributed by atoms with Crippen LogP contribution in [0.5, 0.6) is 5.75 Å². The maximum Gasteiger partial charge on any atom is 0.130 e. The monoisotopic (exact) mass is 327 g/mol. The Balaban J connectivity index is 1.44. The third kappa shape index (κ3) is 5.30. The Bertz CT molecular complexity index is 621. The third-order valence-electron chi connectivity index (χ3n) is 4.05. The Morgan fingerprint density at radius 1 is 1.29 bits per heavy atom. The van der Waals surface area contributed by atoms with E-state index in [4.69, 9.17) is 9.47 Å². The molecule has 0 spiro atoms. The van der Waals surface area contributed by atoms with Crippen LogP contribution in [0.1, 0.15) is 11.3 Å². The van der Waals surface area contributed by atoms with E-state index in [9.17, 15) is 0 Å². The van der Waals surface area contributed by atoms with Crippen LogP contribution in [0, 0.1) is 0 Å². The largest absolute Gasteiger partial charge is 0.487 e. The number of pyridine rings is 1. The lowest BCUT2D eigenvalue weighted by molar-refractivity contribution is -0.0182. The van der Waals surface area contributed by atoms with E-state index in [-0.39, 0.29) is 6.10 Å². The lowest BCUT2D eigenvalue weighted by atomic mass is 10.2. The molecule has 24 heavy (non-hydrogen) atoms. The molecule has 0 bridgehead atoms. The first-order valence-corrected chi connectivity index (χ1v) is 8.42. The zero-order valence-corrected chi connectivity index (χ0v) is 14.1. The summed E-state index contributed by atoms with van der Waals surface area (Å²) in [4.78, 5) is 6.58. The molecule has 2 heterocycles. The Labute approximate surface area is 143 Å². The van der Waals surface area contributed by atoms with Crippen LogP contribution in [0.4, 0.5) is 0 Å². The summed E-state index contributed by atoms with van der Waals surface area (Å²) in [6.45, 7) is 4.99. The number of hydrogen-bond donors (Lipinski definition) is 1.